The standard InChI is InChI=1S/C14H15FN2/c1-2-14(16,11-6-4-3-5-7-11)13-9-8-12(15)10-17-13/h3-10H,2,16H2,1H3. The lowest BCUT2D eigenvalue weighted by Gasteiger charge is -2.28. The summed E-state index contributed by atoms with van der Waals surface area (Å²) >= 11 is 0. The molecule has 0 spiro atoms. The molecule has 0 aliphatic heterocycles. The first-order valence-corrected chi connectivity index (χ1v) is 5.63. The van der Waals surface area contributed by atoms with Crippen LogP contribution < -0.4 is 5.73 Å². The summed E-state index contributed by atoms with van der Waals surface area (Å²) in [5.74, 6) is -0.347. The highest BCUT2D eigenvalue weighted by molar-refractivity contribution is 5.33. The topological polar surface area (TPSA) is 38.9 Å². The normalized spacial score (nSPS) is 14.3. The van der Waals surface area contributed by atoms with Crippen LogP contribution in [-0.2, 0) is 5.54 Å². The fraction of sp³-hybridized carbons (Fsp3) is 0.214. The minimum Gasteiger partial charge on any atom is -0.316 e. The van der Waals surface area contributed by atoms with Gasteiger partial charge in [-0.25, -0.2) is 4.39 Å². The zero-order valence-corrected chi connectivity index (χ0v) is 9.73. The van der Waals surface area contributed by atoms with Crippen LogP contribution in [-0.4, -0.2) is 4.98 Å². The molecular formula is C14H15FN2. The molecule has 0 aliphatic carbocycles. The summed E-state index contributed by atoms with van der Waals surface area (Å²) in [6, 6.07) is 12.8. The van der Waals surface area contributed by atoms with Gasteiger partial charge in [0.05, 0.1) is 17.4 Å². The van der Waals surface area contributed by atoms with Gasteiger partial charge in [0.15, 0.2) is 0 Å². The zero-order valence-electron chi connectivity index (χ0n) is 9.73. The molecule has 2 rings (SSSR count). The third-order valence-electron chi connectivity index (χ3n) is 3.03. The molecule has 0 saturated heterocycles. The van der Waals surface area contributed by atoms with Crippen molar-refractivity contribution in [3.05, 3.63) is 65.7 Å². The monoisotopic (exact) mass is 230 g/mol. The highest BCUT2D eigenvalue weighted by Crippen LogP contribution is 2.28. The molecule has 2 nitrogen and oxygen atoms in total. The average molecular weight is 230 g/mol. The summed E-state index contributed by atoms with van der Waals surface area (Å²) in [4.78, 5) is 4.10. The van der Waals surface area contributed by atoms with Crippen LogP contribution in [0.4, 0.5) is 4.39 Å². The van der Waals surface area contributed by atoms with E-state index in [0.29, 0.717) is 12.1 Å². The molecule has 1 atom stereocenters. The molecule has 0 aliphatic rings. The first kappa shape index (κ1) is 11.7. The van der Waals surface area contributed by atoms with Crippen molar-refractivity contribution in [3.8, 4) is 0 Å². The third-order valence-corrected chi connectivity index (χ3v) is 3.03. The largest absolute Gasteiger partial charge is 0.316 e. The quantitative estimate of drug-likeness (QED) is 0.880. The van der Waals surface area contributed by atoms with Crippen molar-refractivity contribution in [1.82, 2.24) is 4.98 Å². The van der Waals surface area contributed by atoms with Gasteiger partial charge in [0.2, 0.25) is 0 Å². The maximum Gasteiger partial charge on any atom is 0.141 e. The Morgan fingerprint density at radius 2 is 1.88 bits per heavy atom. The van der Waals surface area contributed by atoms with E-state index in [0.717, 1.165) is 5.56 Å². The molecule has 3 heteroatoms. The summed E-state index contributed by atoms with van der Waals surface area (Å²) in [7, 11) is 0. The van der Waals surface area contributed by atoms with Gasteiger partial charge in [-0.3, -0.25) is 4.98 Å². The average Bonchev–Trinajstić information content (AvgIpc) is 2.40. The van der Waals surface area contributed by atoms with Crippen LogP contribution in [0.3, 0.4) is 0 Å². The number of nitrogens with zero attached hydrogens (tertiary/aromatic N) is 1. The molecule has 88 valence electrons. The molecular weight excluding hydrogens is 215 g/mol. The van der Waals surface area contributed by atoms with E-state index in [1.165, 1.54) is 12.3 Å². The first-order chi connectivity index (χ1) is 8.16. The summed E-state index contributed by atoms with van der Waals surface area (Å²) < 4.78 is 12.9. The molecule has 0 radical (unpaired) electrons. The summed E-state index contributed by atoms with van der Waals surface area (Å²) in [6.45, 7) is 2.00. The molecule has 1 aromatic carbocycles. The van der Waals surface area contributed by atoms with Crippen LogP contribution in [0.1, 0.15) is 24.6 Å². The molecule has 2 aromatic rings. The Morgan fingerprint density at radius 3 is 2.41 bits per heavy atom. The van der Waals surface area contributed by atoms with E-state index in [4.69, 9.17) is 5.73 Å². The van der Waals surface area contributed by atoms with Crippen molar-refractivity contribution in [2.75, 3.05) is 0 Å². The van der Waals surface area contributed by atoms with E-state index in [2.05, 4.69) is 4.98 Å². The van der Waals surface area contributed by atoms with Crippen LogP contribution in [0.25, 0.3) is 0 Å². The van der Waals surface area contributed by atoms with Crippen molar-refractivity contribution in [1.29, 1.82) is 0 Å². The van der Waals surface area contributed by atoms with Gasteiger partial charge in [0.1, 0.15) is 5.82 Å². The number of rotatable bonds is 3. The highest BCUT2D eigenvalue weighted by atomic mass is 19.1. The second-order valence-corrected chi connectivity index (χ2v) is 4.05. The summed E-state index contributed by atoms with van der Waals surface area (Å²) in [5.41, 5.74) is 7.42. The lowest BCUT2D eigenvalue weighted by atomic mass is 9.85. The van der Waals surface area contributed by atoms with Gasteiger partial charge in [-0.1, -0.05) is 37.3 Å². The Morgan fingerprint density at radius 1 is 1.18 bits per heavy atom. The van der Waals surface area contributed by atoms with Crippen molar-refractivity contribution in [3.63, 3.8) is 0 Å². The first-order valence-electron chi connectivity index (χ1n) is 5.63. The van der Waals surface area contributed by atoms with Crippen LogP contribution in [0.15, 0.2) is 48.7 Å². The number of aromatic nitrogens is 1. The summed E-state index contributed by atoms with van der Waals surface area (Å²) in [6.07, 6.45) is 1.91. The Balaban J connectivity index is 2.48. The van der Waals surface area contributed by atoms with Gasteiger partial charge in [-0.15, -0.1) is 0 Å². The van der Waals surface area contributed by atoms with E-state index in [1.54, 1.807) is 6.07 Å². The van der Waals surface area contributed by atoms with E-state index >= 15 is 0 Å². The number of hydrogen-bond acceptors (Lipinski definition) is 2. The fourth-order valence-corrected chi connectivity index (χ4v) is 1.91. The Bertz CT molecular complexity index is 481. The number of nitrogens with two attached hydrogens (primary N) is 1. The van der Waals surface area contributed by atoms with Crippen LogP contribution in [0.5, 0.6) is 0 Å². The molecule has 1 aromatic heterocycles. The zero-order chi connectivity index (χ0) is 12.3. The predicted octanol–water partition coefficient (Wildman–Crippen LogP) is 2.83. The third kappa shape index (κ3) is 2.19. The van der Waals surface area contributed by atoms with Gasteiger partial charge in [0, 0.05) is 0 Å². The van der Waals surface area contributed by atoms with Crippen LogP contribution >= 0.6 is 0 Å². The van der Waals surface area contributed by atoms with E-state index < -0.39 is 5.54 Å². The van der Waals surface area contributed by atoms with Crippen LogP contribution in [0, 0.1) is 5.82 Å². The number of halogens is 1. The second kappa shape index (κ2) is 4.63. The Hall–Kier alpha value is -1.74. The highest BCUT2D eigenvalue weighted by Gasteiger charge is 2.28. The smallest absolute Gasteiger partial charge is 0.141 e. The predicted molar refractivity (Wildman–Crippen MR) is 65.9 cm³/mol. The van der Waals surface area contributed by atoms with Crippen LogP contribution in [0.2, 0.25) is 0 Å². The van der Waals surface area contributed by atoms with Gasteiger partial charge in [0.25, 0.3) is 0 Å². The van der Waals surface area contributed by atoms with Gasteiger partial charge < -0.3 is 5.73 Å². The van der Waals surface area contributed by atoms with Crippen molar-refractivity contribution in [2.45, 2.75) is 18.9 Å². The maximum absolute atomic E-state index is 12.9. The molecule has 17 heavy (non-hydrogen) atoms. The lowest BCUT2D eigenvalue weighted by molar-refractivity contribution is 0.499. The number of pyridine rings is 1. The second-order valence-electron chi connectivity index (χ2n) is 4.05. The molecule has 0 amide bonds. The molecule has 0 fully saturated rings. The number of hydrogen-bond donors (Lipinski definition) is 1. The molecule has 0 saturated carbocycles. The lowest BCUT2D eigenvalue weighted by Crippen LogP contribution is -2.38. The minimum atomic E-state index is -0.658. The molecule has 2 N–H and O–H groups in total. The van der Waals surface area contributed by atoms with E-state index in [9.17, 15) is 4.39 Å². The van der Waals surface area contributed by atoms with Crippen molar-refractivity contribution in [2.24, 2.45) is 5.73 Å². The van der Waals surface area contributed by atoms with Crippen molar-refractivity contribution >= 4 is 0 Å². The molecule has 0 bridgehead atoms. The van der Waals surface area contributed by atoms with Crippen molar-refractivity contribution < 1.29 is 4.39 Å². The minimum absolute atomic E-state index is 0.347. The van der Waals surface area contributed by atoms with Gasteiger partial charge in [-0.2, -0.15) is 0 Å². The molecule has 1 unspecified atom stereocenters. The molecule has 1 heterocycles. The maximum atomic E-state index is 12.9. The van der Waals surface area contributed by atoms with Gasteiger partial charge in [-0.05, 0) is 24.1 Å². The fourth-order valence-electron chi connectivity index (χ4n) is 1.91. The van der Waals surface area contributed by atoms with E-state index in [-0.39, 0.29) is 5.82 Å². The SMILES string of the molecule is CCC(N)(c1ccccc1)c1ccc(F)cn1. The van der Waals surface area contributed by atoms with Gasteiger partial charge >= 0.3 is 0 Å². The Kier molecular flexibility index (Phi) is 3.20. The Labute approximate surface area is 100 Å². The summed E-state index contributed by atoms with van der Waals surface area (Å²) in [5, 5.41) is 0. The number of benzene rings is 1. The van der Waals surface area contributed by atoms with E-state index in [1.807, 2.05) is 37.3 Å².